The second-order valence-corrected chi connectivity index (χ2v) is 3.87. The van der Waals surface area contributed by atoms with Gasteiger partial charge >= 0.3 is 0 Å². The van der Waals surface area contributed by atoms with Crippen molar-refractivity contribution in [2.75, 3.05) is 7.11 Å². The predicted molar refractivity (Wildman–Crippen MR) is 71.0 cm³/mol. The SMILES string of the molecule is COc1ccc(C=Nc2ccc(C(=O)[O-])cc2)cc1. The fourth-order valence-corrected chi connectivity index (χ4v) is 1.52. The molecule has 0 aliphatic carbocycles. The highest BCUT2D eigenvalue weighted by Gasteiger charge is 1.94. The molecular weight excluding hydrogens is 242 g/mol. The normalized spacial score (nSPS) is 10.6. The maximum Gasteiger partial charge on any atom is 0.118 e. The van der Waals surface area contributed by atoms with Gasteiger partial charge in [-0.15, -0.1) is 0 Å². The van der Waals surface area contributed by atoms with Gasteiger partial charge in [0.2, 0.25) is 0 Å². The quantitative estimate of drug-likeness (QED) is 0.782. The molecule has 0 spiro atoms. The van der Waals surface area contributed by atoms with Crippen LogP contribution in [0.25, 0.3) is 0 Å². The number of nitrogens with zero attached hydrogens (tertiary/aromatic N) is 1. The van der Waals surface area contributed by atoms with Crippen LogP contribution < -0.4 is 9.84 Å². The molecule has 4 heteroatoms. The molecule has 4 nitrogen and oxygen atoms in total. The summed E-state index contributed by atoms with van der Waals surface area (Å²) in [6.07, 6.45) is 1.70. The number of carboxylic acid groups (broad SMARTS) is 1. The lowest BCUT2D eigenvalue weighted by Gasteiger charge is -2.01. The molecule has 0 unspecified atom stereocenters. The van der Waals surface area contributed by atoms with Crippen LogP contribution in [-0.4, -0.2) is 19.3 Å². The smallest absolute Gasteiger partial charge is 0.118 e. The van der Waals surface area contributed by atoms with E-state index in [-0.39, 0.29) is 5.56 Å². The number of carboxylic acids is 1. The summed E-state index contributed by atoms with van der Waals surface area (Å²) < 4.78 is 5.06. The maximum atomic E-state index is 10.6. The molecule has 0 bridgehead atoms. The van der Waals surface area contributed by atoms with E-state index in [2.05, 4.69) is 4.99 Å². The molecule has 2 rings (SSSR count). The molecule has 0 aromatic heterocycles. The van der Waals surface area contributed by atoms with Gasteiger partial charge < -0.3 is 14.6 Å². The van der Waals surface area contributed by atoms with Crippen molar-refractivity contribution in [3.8, 4) is 5.75 Å². The van der Waals surface area contributed by atoms with Gasteiger partial charge in [-0.1, -0.05) is 12.1 Å². The standard InChI is InChI=1S/C15H13NO3/c1-19-14-8-2-11(3-9-14)10-16-13-6-4-12(5-7-13)15(17)18/h2-10H,1H3,(H,17,18)/p-1. The molecule has 96 valence electrons. The van der Waals surface area contributed by atoms with Crippen molar-refractivity contribution in [1.29, 1.82) is 0 Å². The minimum atomic E-state index is -1.19. The van der Waals surface area contributed by atoms with Crippen LogP contribution >= 0.6 is 0 Å². The van der Waals surface area contributed by atoms with E-state index in [0.29, 0.717) is 5.69 Å². The van der Waals surface area contributed by atoms with Crippen LogP contribution in [0.3, 0.4) is 0 Å². The van der Waals surface area contributed by atoms with Gasteiger partial charge in [-0.3, -0.25) is 4.99 Å². The van der Waals surface area contributed by atoms with E-state index in [1.807, 2.05) is 24.3 Å². The molecule has 0 heterocycles. The topological polar surface area (TPSA) is 61.7 Å². The molecule has 0 atom stereocenters. The summed E-state index contributed by atoms with van der Waals surface area (Å²) in [7, 11) is 1.61. The number of methoxy groups -OCH3 is 1. The zero-order chi connectivity index (χ0) is 13.7. The number of ether oxygens (including phenoxy) is 1. The first-order valence-electron chi connectivity index (χ1n) is 5.68. The lowest BCUT2D eigenvalue weighted by atomic mass is 10.2. The Labute approximate surface area is 111 Å². The van der Waals surface area contributed by atoms with Crippen molar-refractivity contribution in [3.63, 3.8) is 0 Å². The second kappa shape index (κ2) is 5.82. The Bertz CT molecular complexity index is 586. The van der Waals surface area contributed by atoms with Crippen LogP contribution in [0.4, 0.5) is 5.69 Å². The number of carbonyl (C=O) groups excluding carboxylic acids is 1. The van der Waals surface area contributed by atoms with Crippen LogP contribution in [-0.2, 0) is 0 Å². The van der Waals surface area contributed by atoms with Gasteiger partial charge in [-0.2, -0.15) is 0 Å². The summed E-state index contributed by atoms with van der Waals surface area (Å²) in [6.45, 7) is 0. The van der Waals surface area contributed by atoms with Crippen molar-refractivity contribution in [2.24, 2.45) is 4.99 Å². The number of benzene rings is 2. The predicted octanol–water partition coefficient (Wildman–Crippen LogP) is 1.81. The van der Waals surface area contributed by atoms with E-state index in [4.69, 9.17) is 4.74 Å². The van der Waals surface area contributed by atoms with Crippen LogP contribution in [0.2, 0.25) is 0 Å². The van der Waals surface area contributed by atoms with Gasteiger partial charge in [0.15, 0.2) is 0 Å². The van der Waals surface area contributed by atoms with E-state index < -0.39 is 5.97 Å². The van der Waals surface area contributed by atoms with Crippen LogP contribution in [0.15, 0.2) is 53.5 Å². The van der Waals surface area contributed by atoms with Gasteiger partial charge in [-0.05, 0) is 47.5 Å². The van der Waals surface area contributed by atoms with Crippen molar-refractivity contribution in [3.05, 3.63) is 59.7 Å². The molecule has 0 amide bonds. The van der Waals surface area contributed by atoms with E-state index >= 15 is 0 Å². The van der Waals surface area contributed by atoms with Crippen LogP contribution in [0.5, 0.6) is 5.75 Å². The van der Waals surface area contributed by atoms with Gasteiger partial charge in [0, 0.05) is 6.21 Å². The van der Waals surface area contributed by atoms with E-state index in [1.54, 1.807) is 25.5 Å². The zero-order valence-corrected chi connectivity index (χ0v) is 10.4. The first kappa shape index (κ1) is 12.8. The highest BCUT2D eigenvalue weighted by Crippen LogP contribution is 2.14. The summed E-state index contributed by atoms with van der Waals surface area (Å²) in [4.78, 5) is 14.8. The van der Waals surface area contributed by atoms with E-state index in [0.717, 1.165) is 11.3 Å². The molecule has 0 N–H and O–H groups in total. The summed E-state index contributed by atoms with van der Waals surface area (Å²) >= 11 is 0. The molecule has 0 aliphatic rings. The van der Waals surface area contributed by atoms with Crippen LogP contribution in [0, 0.1) is 0 Å². The first-order valence-corrected chi connectivity index (χ1v) is 5.68. The third-order valence-corrected chi connectivity index (χ3v) is 2.58. The van der Waals surface area contributed by atoms with E-state index in [9.17, 15) is 9.90 Å². The fraction of sp³-hybridized carbons (Fsp3) is 0.0667. The van der Waals surface area contributed by atoms with Crippen LogP contribution in [0.1, 0.15) is 15.9 Å². The maximum absolute atomic E-state index is 10.6. The van der Waals surface area contributed by atoms with Gasteiger partial charge in [0.1, 0.15) is 5.75 Å². The Morgan fingerprint density at radius 1 is 1.11 bits per heavy atom. The van der Waals surface area contributed by atoms with Crippen molar-refractivity contribution in [1.82, 2.24) is 0 Å². The summed E-state index contributed by atoms with van der Waals surface area (Å²) in [5.74, 6) is -0.402. The molecule has 0 aliphatic heterocycles. The third kappa shape index (κ3) is 3.42. The Morgan fingerprint density at radius 3 is 2.26 bits per heavy atom. The molecule has 2 aromatic rings. The second-order valence-electron chi connectivity index (χ2n) is 3.87. The molecule has 0 radical (unpaired) electrons. The molecular formula is C15H12NO3-. The average molecular weight is 254 g/mol. The van der Waals surface area contributed by atoms with Crippen molar-refractivity contribution in [2.45, 2.75) is 0 Å². The average Bonchev–Trinajstić information content (AvgIpc) is 2.46. The van der Waals surface area contributed by atoms with Gasteiger partial charge in [-0.25, -0.2) is 0 Å². The molecule has 2 aromatic carbocycles. The number of aromatic carboxylic acids is 1. The number of aliphatic imine (C=N–C) groups is 1. The number of carbonyl (C=O) groups is 1. The fourth-order valence-electron chi connectivity index (χ4n) is 1.52. The minimum Gasteiger partial charge on any atom is -0.545 e. The molecule has 0 saturated carbocycles. The Hall–Kier alpha value is -2.62. The number of hydrogen-bond donors (Lipinski definition) is 0. The zero-order valence-electron chi connectivity index (χ0n) is 10.4. The Morgan fingerprint density at radius 2 is 1.74 bits per heavy atom. The van der Waals surface area contributed by atoms with E-state index in [1.165, 1.54) is 12.1 Å². The van der Waals surface area contributed by atoms with Crippen molar-refractivity contribution >= 4 is 17.9 Å². The molecule has 0 fully saturated rings. The molecule has 0 saturated heterocycles. The minimum absolute atomic E-state index is 0.142. The highest BCUT2D eigenvalue weighted by molar-refractivity contribution is 5.86. The number of hydrogen-bond acceptors (Lipinski definition) is 4. The summed E-state index contributed by atoms with van der Waals surface area (Å²) in [5.41, 5.74) is 1.76. The lowest BCUT2D eigenvalue weighted by Crippen LogP contribution is -2.21. The first-order chi connectivity index (χ1) is 9.19. The Balaban J connectivity index is 2.10. The third-order valence-electron chi connectivity index (χ3n) is 2.58. The highest BCUT2D eigenvalue weighted by atomic mass is 16.5. The van der Waals surface area contributed by atoms with Gasteiger partial charge in [0.25, 0.3) is 0 Å². The molecule has 19 heavy (non-hydrogen) atoms. The van der Waals surface area contributed by atoms with Gasteiger partial charge in [0.05, 0.1) is 18.8 Å². The summed E-state index contributed by atoms with van der Waals surface area (Å²) in [5, 5.41) is 10.6. The lowest BCUT2D eigenvalue weighted by molar-refractivity contribution is -0.255. The Kier molecular flexibility index (Phi) is 3.93. The largest absolute Gasteiger partial charge is 0.545 e. The number of rotatable bonds is 4. The van der Waals surface area contributed by atoms with Crippen molar-refractivity contribution < 1.29 is 14.6 Å². The monoisotopic (exact) mass is 254 g/mol. The summed E-state index contributed by atoms with van der Waals surface area (Å²) in [6, 6.07) is 13.7.